The zero-order chi connectivity index (χ0) is 31.3. The third kappa shape index (κ3) is 3.41. The van der Waals surface area contributed by atoms with E-state index >= 15 is 0 Å². The van der Waals surface area contributed by atoms with Gasteiger partial charge in [-0.25, -0.2) is 0 Å². The quantitative estimate of drug-likeness (QED) is 0.145. The van der Waals surface area contributed by atoms with Crippen LogP contribution in [0.15, 0.2) is 158 Å². The Morgan fingerprint density at radius 2 is 0.688 bits per heavy atom. The predicted octanol–water partition coefficient (Wildman–Crippen LogP) is 12.9. The van der Waals surface area contributed by atoms with Crippen LogP contribution < -0.4 is 0 Å². The topological polar surface area (TPSA) is 31.6 Å². The summed E-state index contributed by atoms with van der Waals surface area (Å²) in [6.45, 7) is 0. The van der Waals surface area contributed by atoms with Crippen LogP contribution in [0.3, 0.4) is 0 Å². The Kier molecular flexibility index (Phi) is 5.14. The van der Waals surface area contributed by atoms with E-state index in [0.717, 1.165) is 11.0 Å². The minimum atomic E-state index is 1.15. The molecular formula is C46H28N2. The van der Waals surface area contributed by atoms with Crippen molar-refractivity contribution in [3.63, 3.8) is 0 Å². The zero-order valence-electron chi connectivity index (χ0n) is 26.0. The Bertz CT molecular complexity index is 2880. The molecular weight excluding hydrogens is 581 g/mol. The van der Waals surface area contributed by atoms with Crippen molar-refractivity contribution in [1.29, 1.82) is 0 Å². The van der Waals surface area contributed by atoms with Gasteiger partial charge in [0.05, 0.1) is 11.0 Å². The van der Waals surface area contributed by atoms with Crippen LogP contribution in [0.4, 0.5) is 0 Å². The van der Waals surface area contributed by atoms with Crippen LogP contribution in [0, 0.1) is 0 Å². The van der Waals surface area contributed by atoms with Gasteiger partial charge in [0.25, 0.3) is 0 Å². The number of aromatic nitrogens is 2. The largest absolute Gasteiger partial charge is 0.354 e. The molecule has 2 heterocycles. The van der Waals surface area contributed by atoms with E-state index in [-0.39, 0.29) is 0 Å². The molecule has 11 rings (SSSR count). The Morgan fingerprint density at radius 3 is 1.15 bits per heavy atom. The first-order valence-corrected chi connectivity index (χ1v) is 16.6. The van der Waals surface area contributed by atoms with E-state index < -0.39 is 0 Å². The number of fused-ring (bicyclic) bond motifs is 10. The molecule has 11 aromatic rings. The molecule has 0 spiro atoms. The molecule has 0 fully saturated rings. The molecule has 0 atom stereocenters. The first-order valence-electron chi connectivity index (χ1n) is 16.6. The second-order valence-electron chi connectivity index (χ2n) is 13.0. The summed E-state index contributed by atoms with van der Waals surface area (Å²) in [6.07, 6.45) is 0. The lowest BCUT2D eigenvalue weighted by Gasteiger charge is -2.22. The summed E-state index contributed by atoms with van der Waals surface area (Å²) in [5.41, 5.74) is 9.48. The average Bonchev–Trinajstić information content (AvgIpc) is 3.15. The summed E-state index contributed by atoms with van der Waals surface area (Å²) in [7, 11) is 0. The first-order chi connectivity index (χ1) is 23.8. The fourth-order valence-electron chi connectivity index (χ4n) is 8.49. The number of rotatable bonds is 2. The molecule has 222 valence electrons. The number of hydrogen-bond donors (Lipinski definition) is 2. The molecule has 9 aromatic carbocycles. The summed E-state index contributed by atoms with van der Waals surface area (Å²) in [6, 6.07) is 57.6. The van der Waals surface area contributed by atoms with Crippen LogP contribution in [0.2, 0.25) is 0 Å². The second kappa shape index (κ2) is 9.57. The van der Waals surface area contributed by atoms with E-state index in [2.05, 4.69) is 168 Å². The monoisotopic (exact) mass is 608 g/mol. The van der Waals surface area contributed by atoms with Crippen LogP contribution in [0.5, 0.6) is 0 Å². The van der Waals surface area contributed by atoms with Crippen molar-refractivity contribution in [3.05, 3.63) is 158 Å². The van der Waals surface area contributed by atoms with Gasteiger partial charge in [0.1, 0.15) is 0 Å². The predicted molar refractivity (Wildman–Crippen MR) is 206 cm³/mol. The minimum absolute atomic E-state index is 1.15. The van der Waals surface area contributed by atoms with Gasteiger partial charge in [0.2, 0.25) is 0 Å². The first kappa shape index (κ1) is 25.8. The van der Waals surface area contributed by atoms with Gasteiger partial charge in [-0.05, 0) is 67.7 Å². The van der Waals surface area contributed by atoms with Gasteiger partial charge in [0.15, 0.2) is 0 Å². The number of H-pyrrole nitrogens is 2. The fourth-order valence-corrected chi connectivity index (χ4v) is 8.49. The molecule has 2 nitrogen and oxygen atoms in total. The van der Waals surface area contributed by atoms with Gasteiger partial charge in [-0.1, -0.05) is 133 Å². The van der Waals surface area contributed by atoms with Gasteiger partial charge >= 0.3 is 0 Å². The van der Waals surface area contributed by atoms with Crippen LogP contribution in [0.25, 0.3) is 109 Å². The van der Waals surface area contributed by atoms with Gasteiger partial charge in [-0.3, -0.25) is 0 Å². The van der Waals surface area contributed by atoms with Crippen molar-refractivity contribution in [2.24, 2.45) is 0 Å². The molecule has 0 saturated heterocycles. The summed E-state index contributed by atoms with van der Waals surface area (Å²) in [5.74, 6) is 0. The van der Waals surface area contributed by atoms with Crippen molar-refractivity contribution in [2.75, 3.05) is 0 Å². The van der Waals surface area contributed by atoms with Crippen LogP contribution in [-0.4, -0.2) is 9.97 Å². The molecule has 0 amide bonds. The van der Waals surface area contributed by atoms with Gasteiger partial charge in [-0.15, -0.1) is 0 Å². The molecule has 0 saturated carbocycles. The zero-order valence-corrected chi connectivity index (χ0v) is 26.0. The van der Waals surface area contributed by atoms with E-state index in [1.807, 2.05) is 0 Å². The third-order valence-corrected chi connectivity index (χ3v) is 10.5. The summed E-state index contributed by atoms with van der Waals surface area (Å²) in [5, 5.41) is 15.3. The highest BCUT2D eigenvalue weighted by molar-refractivity contribution is 6.44. The molecule has 0 aliphatic heterocycles. The number of nitrogens with one attached hydrogen (secondary N) is 2. The highest BCUT2D eigenvalue weighted by atomic mass is 14.7. The molecule has 48 heavy (non-hydrogen) atoms. The number of hydrogen-bond acceptors (Lipinski definition) is 0. The normalized spacial score (nSPS) is 12.2. The maximum atomic E-state index is 4.00. The number of aromatic amines is 2. The lowest BCUT2D eigenvalue weighted by Crippen LogP contribution is -1.96. The summed E-state index contributed by atoms with van der Waals surface area (Å²) in [4.78, 5) is 7.99. The van der Waals surface area contributed by atoms with Crippen molar-refractivity contribution in [1.82, 2.24) is 9.97 Å². The van der Waals surface area contributed by atoms with E-state index in [9.17, 15) is 0 Å². The molecule has 0 aliphatic rings. The molecule has 2 heteroatoms. The van der Waals surface area contributed by atoms with Crippen molar-refractivity contribution in [3.8, 4) is 22.3 Å². The number of pyridine rings is 2. The Hall–Kier alpha value is -6.38. The van der Waals surface area contributed by atoms with Crippen molar-refractivity contribution >= 4 is 86.7 Å². The van der Waals surface area contributed by atoms with E-state index in [0.29, 0.717) is 0 Å². The third-order valence-electron chi connectivity index (χ3n) is 10.5. The lowest BCUT2D eigenvalue weighted by atomic mass is 9.85. The summed E-state index contributed by atoms with van der Waals surface area (Å²) < 4.78 is 0. The van der Waals surface area contributed by atoms with E-state index in [4.69, 9.17) is 0 Å². The second-order valence-corrected chi connectivity index (χ2v) is 13.0. The number of benzene rings is 9. The van der Waals surface area contributed by atoms with Gasteiger partial charge in [0, 0.05) is 54.5 Å². The molecule has 0 unspecified atom stereocenters. The smallest absolute Gasteiger partial charge is 0.0550 e. The standard InChI is InChI=1S/C46H28N2/c1-3-13-27(14-4-1)35-25-29-17-7-9-19-31(29)43-41-33-21-12-24-38-40(33)42(34-22-11-23-37(39(34)41)47-45(35)43)44-32-20-10-8-18-30(32)26-36(46(44)48-38)28-15-5-2-6-16-28/h1-26,47-48H. The Labute approximate surface area is 275 Å². The molecule has 0 aliphatic carbocycles. The highest BCUT2D eigenvalue weighted by Crippen LogP contribution is 2.49. The maximum Gasteiger partial charge on any atom is 0.0550 e. The van der Waals surface area contributed by atoms with Crippen LogP contribution >= 0.6 is 0 Å². The molecule has 2 N–H and O–H groups in total. The van der Waals surface area contributed by atoms with Crippen molar-refractivity contribution in [2.45, 2.75) is 0 Å². The molecule has 0 bridgehead atoms. The van der Waals surface area contributed by atoms with Crippen molar-refractivity contribution < 1.29 is 0 Å². The average molecular weight is 609 g/mol. The van der Waals surface area contributed by atoms with E-state index in [1.54, 1.807) is 0 Å². The van der Waals surface area contributed by atoms with Gasteiger partial charge < -0.3 is 9.97 Å². The van der Waals surface area contributed by atoms with E-state index in [1.165, 1.54) is 97.9 Å². The van der Waals surface area contributed by atoms with Crippen LogP contribution in [-0.2, 0) is 0 Å². The molecule has 0 radical (unpaired) electrons. The Balaban J connectivity index is 1.46. The molecule has 2 aromatic heterocycles. The van der Waals surface area contributed by atoms with Crippen LogP contribution in [0.1, 0.15) is 0 Å². The fraction of sp³-hybridized carbons (Fsp3) is 0. The SMILES string of the molecule is c1ccc(-c2cc3ccccc3c3c2[nH]c2cccc4c2c3c2cccc3[nH]c5c(-c6ccccc6)cc6ccccc6c5c4c32)cc1. The Morgan fingerprint density at radius 1 is 0.292 bits per heavy atom. The maximum absolute atomic E-state index is 4.00. The van der Waals surface area contributed by atoms with Gasteiger partial charge in [-0.2, -0.15) is 0 Å². The lowest BCUT2D eigenvalue weighted by molar-refractivity contribution is 1.50. The minimum Gasteiger partial charge on any atom is -0.354 e. The summed E-state index contributed by atoms with van der Waals surface area (Å²) >= 11 is 0. The highest BCUT2D eigenvalue weighted by Gasteiger charge is 2.22.